The van der Waals surface area contributed by atoms with Crippen molar-refractivity contribution in [3.8, 4) is 34.6 Å². The summed E-state index contributed by atoms with van der Waals surface area (Å²) in [4.78, 5) is 0. The molecule has 2 heterocycles. The third-order valence-electron chi connectivity index (χ3n) is 9.15. The Morgan fingerprint density at radius 3 is 1.87 bits per heavy atom. The van der Waals surface area contributed by atoms with Crippen molar-refractivity contribution in [3.05, 3.63) is 157 Å². The molecule has 0 bridgehead atoms. The summed E-state index contributed by atoms with van der Waals surface area (Å²) < 4.78 is 4.43. The van der Waals surface area contributed by atoms with Crippen LogP contribution in [0.15, 0.2) is 146 Å². The van der Waals surface area contributed by atoms with E-state index in [1.54, 1.807) is 6.07 Å². The minimum Gasteiger partial charge on any atom is -0.307 e. The summed E-state index contributed by atoms with van der Waals surface area (Å²) >= 11 is 0. The highest BCUT2D eigenvalue weighted by atomic mass is 15.1. The molecule has 0 aliphatic carbocycles. The average molecular weight is 585 g/mol. The second-order valence-electron chi connectivity index (χ2n) is 11.6. The van der Waals surface area contributed by atoms with E-state index in [1.807, 2.05) is 24.3 Å². The molecule has 0 aliphatic rings. The van der Waals surface area contributed by atoms with Crippen molar-refractivity contribution < 1.29 is 0 Å². The van der Waals surface area contributed by atoms with E-state index in [0.29, 0.717) is 11.1 Å². The van der Waals surface area contributed by atoms with Gasteiger partial charge in [0.05, 0.1) is 50.6 Å². The Bertz CT molecular complexity index is 2770. The van der Waals surface area contributed by atoms with Gasteiger partial charge < -0.3 is 9.13 Å². The van der Waals surface area contributed by atoms with Crippen molar-refractivity contribution in [1.82, 2.24) is 9.13 Å². The first-order valence-electron chi connectivity index (χ1n) is 15.2. The van der Waals surface area contributed by atoms with E-state index in [2.05, 4.69) is 137 Å². The number of rotatable bonds is 3. The van der Waals surface area contributed by atoms with Gasteiger partial charge in [-0.15, -0.1) is 0 Å². The number of benzene rings is 7. The summed E-state index contributed by atoms with van der Waals surface area (Å²) in [5.74, 6) is 0. The van der Waals surface area contributed by atoms with Crippen LogP contribution in [0.3, 0.4) is 0 Å². The van der Waals surface area contributed by atoms with Crippen molar-refractivity contribution in [1.29, 1.82) is 10.5 Å². The van der Waals surface area contributed by atoms with Gasteiger partial charge in [0.2, 0.25) is 0 Å². The van der Waals surface area contributed by atoms with Crippen LogP contribution in [0, 0.1) is 22.7 Å². The fourth-order valence-corrected chi connectivity index (χ4v) is 7.20. The first-order chi connectivity index (χ1) is 22.7. The van der Waals surface area contributed by atoms with Crippen LogP contribution in [-0.2, 0) is 0 Å². The van der Waals surface area contributed by atoms with Gasteiger partial charge in [0.1, 0.15) is 6.07 Å². The number of hydrogen-bond donors (Lipinski definition) is 0. The summed E-state index contributed by atoms with van der Waals surface area (Å²) in [6.45, 7) is 0. The number of nitriles is 2. The maximum Gasteiger partial charge on any atom is 0.101 e. The summed E-state index contributed by atoms with van der Waals surface area (Å²) in [6, 6.07) is 54.9. The molecule has 0 atom stereocenters. The molecule has 46 heavy (non-hydrogen) atoms. The fraction of sp³-hybridized carbons (Fsp3) is 0. The second-order valence-corrected chi connectivity index (χ2v) is 11.6. The summed E-state index contributed by atoms with van der Waals surface area (Å²) in [7, 11) is 0. The van der Waals surface area contributed by atoms with Crippen LogP contribution in [0.4, 0.5) is 0 Å². The zero-order chi connectivity index (χ0) is 30.8. The molecular formula is C42H24N4. The monoisotopic (exact) mass is 584 g/mol. The molecule has 0 saturated carbocycles. The molecule has 0 saturated heterocycles. The van der Waals surface area contributed by atoms with Crippen LogP contribution in [-0.4, -0.2) is 9.13 Å². The molecule has 4 heteroatoms. The van der Waals surface area contributed by atoms with E-state index in [9.17, 15) is 10.5 Å². The van der Waals surface area contributed by atoms with Gasteiger partial charge in [0.15, 0.2) is 0 Å². The zero-order valence-electron chi connectivity index (χ0n) is 24.6. The van der Waals surface area contributed by atoms with E-state index < -0.39 is 0 Å². The van der Waals surface area contributed by atoms with E-state index >= 15 is 0 Å². The normalized spacial score (nSPS) is 11.4. The Labute approximate surface area is 264 Å². The third-order valence-corrected chi connectivity index (χ3v) is 9.15. The van der Waals surface area contributed by atoms with Gasteiger partial charge in [-0.3, -0.25) is 0 Å². The molecule has 9 aromatic rings. The number of hydrogen-bond acceptors (Lipinski definition) is 2. The minimum absolute atomic E-state index is 0.439. The Morgan fingerprint density at radius 2 is 1.09 bits per heavy atom. The van der Waals surface area contributed by atoms with Crippen molar-refractivity contribution in [2.45, 2.75) is 0 Å². The predicted molar refractivity (Wildman–Crippen MR) is 187 cm³/mol. The van der Waals surface area contributed by atoms with Gasteiger partial charge in [-0.1, -0.05) is 103 Å². The lowest BCUT2D eigenvalue weighted by Crippen LogP contribution is -2.07. The van der Waals surface area contributed by atoms with Gasteiger partial charge in [-0.25, -0.2) is 0 Å². The van der Waals surface area contributed by atoms with Crippen molar-refractivity contribution in [2.24, 2.45) is 0 Å². The summed E-state index contributed by atoms with van der Waals surface area (Å²) in [5.41, 5.74) is 8.72. The average Bonchev–Trinajstić information content (AvgIpc) is 3.64. The Kier molecular flexibility index (Phi) is 5.59. The van der Waals surface area contributed by atoms with Gasteiger partial charge in [-0.05, 0) is 64.4 Å². The lowest BCUT2D eigenvalue weighted by Gasteiger charge is -2.19. The first-order valence-corrected chi connectivity index (χ1v) is 15.2. The second kappa shape index (κ2) is 9.96. The maximum absolute atomic E-state index is 10.7. The van der Waals surface area contributed by atoms with Crippen LogP contribution >= 0.6 is 0 Å². The van der Waals surface area contributed by atoms with Crippen LogP contribution in [0.25, 0.3) is 76.9 Å². The number of fused-ring (bicyclic) bond motifs is 8. The molecule has 0 aliphatic heterocycles. The van der Waals surface area contributed by atoms with E-state index in [4.69, 9.17) is 0 Å². The highest BCUT2D eigenvalue weighted by Crippen LogP contribution is 2.42. The van der Waals surface area contributed by atoms with Crippen molar-refractivity contribution in [2.75, 3.05) is 0 Å². The van der Waals surface area contributed by atoms with Crippen LogP contribution in [0.5, 0.6) is 0 Å². The Morgan fingerprint density at radius 1 is 0.435 bits per heavy atom. The number of aromatic nitrogens is 2. The smallest absolute Gasteiger partial charge is 0.101 e. The number of para-hydroxylation sites is 2. The lowest BCUT2D eigenvalue weighted by atomic mass is 10.0. The molecule has 212 valence electrons. The molecule has 0 unspecified atom stereocenters. The molecule has 9 rings (SSSR count). The van der Waals surface area contributed by atoms with Gasteiger partial charge >= 0.3 is 0 Å². The Balaban J connectivity index is 1.45. The highest BCUT2D eigenvalue weighted by molar-refractivity contribution is 6.21. The van der Waals surface area contributed by atoms with E-state index in [-0.39, 0.29) is 0 Å². The molecular weight excluding hydrogens is 560 g/mol. The molecule has 0 N–H and O–H groups in total. The van der Waals surface area contributed by atoms with Crippen LogP contribution in [0.1, 0.15) is 11.1 Å². The molecule has 2 aromatic heterocycles. The van der Waals surface area contributed by atoms with Crippen LogP contribution < -0.4 is 0 Å². The van der Waals surface area contributed by atoms with E-state index in [0.717, 1.165) is 66.1 Å². The first kappa shape index (κ1) is 25.8. The van der Waals surface area contributed by atoms with Crippen molar-refractivity contribution in [3.63, 3.8) is 0 Å². The van der Waals surface area contributed by atoms with Crippen LogP contribution in [0.2, 0.25) is 0 Å². The largest absolute Gasteiger partial charge is 0.307 e. The fourth-order valence-electron chi connectivity index (χ4n) is 7.20. The molecule has 0 spiro atoms. The highest BCUT2D eigenvalue weighted by Gasteiger charge is 2.23. The van der Waals surface area contributed by atoms with Gasteiger partial charge in [0, 0.05) is 21.5 Å². The summed E-state index contributed by atoms with van der Waals surface area (Å²) in [5, 5.41) is 27.7. The molecule has 0 fully saturated rings. The molecule has 7 aromatic carbocycles. The predicted octanol–water partition coefficient (Wildman–Crippen LogP) is 10.4. The zero-order valence-corrected chi connectivity index (χ0v) is 24.6. The minimum atomic E-state index is 0.439. The topological polar surface area (TPSA) is 57.4 Å². The standard InChI is InChI=1S/C42H24N4/c43-25-27-22-31(26-44)42(46-36-16-8-6-14-33(36)35-24-30(19-20-38(35)46)28-10-2-1-3-11-28)40(23-27)45-37-17-9-7-15-34(37)41-32-13-5-4-12-29(32)18-21-39(41)45/h1-24H. The maximum atomic E-state index is 10.7. The van der Waals surface area contributed by atoms with Gasteiger partial charge in [0.25, 0.3) is 0 Å². The van der Waals surface area contributed by atoms with E-state index in [1.165, 1.54) is 10.8 Å². The van der Waals surface area contributed by atoms with Crippen molar-refractivity contribution >= 4 is 54.4 Å². The van der Waals surface area contributed by atoms with Gasteiger partial charge in [-0.2, -0.15) is 10.5 Å². The molecule has 0 amide bonds. The SMILES string of the molecule is N#Cc1cc(C#N)c(-n2c3ccccc3c3cc(-c4ccccc4)ccc32)c(-n2c3ccccc3c3c4ccccc4ccc32)c1. The molecule has 4 nitrogen and oxygen atoms in total. The number of nitrogens with zero attached hydrogens (tertiary/aromatic N) is 4. The molecule has 0 radical (unpaired) electrons. The summed E-state index contributed by atoms with van der Waals surface area (Å²) in [6.07, 6.45) is 0. The quantitative estimate of drug-likeness (QED) is 0.207. The lowest BCUT2D eigenvalue weighted by molar-refractivity contribution is 1.09. The Hall–Kier alpha value is -6.62. The third kappa shape index (κ3) is 3.65.